The van der Waals surface area contributed by atoms with Crippen LogP contribution in [-0.2, 0) is 6.61 Å². The number of aromatic nitrogens is 1. The molecule has 0 radical (unpaired) electrons. The number of rotatable bonds is 3. The molecular weight excluding hydrogens is 273 g/mol. The molecule has 0 saturated carbocycles. The lowest BCUT2D eigenvalue weighted by atomic mass is 10.3. The van der Waals surface area contributed by atoms with E-state index in [0.717, 1.165) is 5.69 Å². The third-order valence-electron chi connectivity index (χ3n) is 2.00. The molecule has 0 aliphatic heterocycles. The lowest BCUT2D eigenvalue weighted by Crippen LogP contribution is -1.98. The van der Waals surface area contributed by atoms with Gasteiger partial charge in [-0.15, -0.1) is 0 Å². The summed E-state index contributed by atoms with van der Waals surface area (Å²) in [6.07, 6.45) is 1.71. The van der Waals surface area contributed by atoms with Gasteiger partial charge in [-0.05, 0) is 46.3 Å². The Kier molecular flexibility index (Phi) is 3.51. The smallest absolute Gasteiger partial charge is 0.134 e. The van der Waals surface area contributed by atoms with E-state index < -0.39 is 0 Å². The Morgan fingerprint density at radius 2 is 2.12 bits per heavy atom. The predicted molar refractivity (Wildman–Crippen MR) is 62.7 cm³/mol. The molecule has 1 heterocycles. The number of nitrogens with zero attached hydrogens (tertiary/aromatic N) is 1. The molecule has 0 amide bonds. The van der Waals surface area contributed by atoms with E-state index in [1.807, 2.05) is 18.2 Å². The highest BCUT2D eigenvalue weighted by molar-refractivity contribution is 9.10. The molecule has 0 bridgehead atoms. The van der Waals surface area contributed by atoms with Gasteiger partial charge in [0.25, 0.3) is 0 Å². The van der Waals surface area contributed by atoms with Crippen LogP contribution in [0.5, 0.6) is 5.75 Å². The maximum Gasteiger partial charge on any atom is 0.134 e. The molecule has 0 aliphatic carbocycles. The highest BCUT2D eigenvalue weighted by Gasteiger charge is 2.03. The highest BCUT2D eigenvalue weighted by Crippen LogP contribution is 2.25. The standard InChI is InChI=1S/C12H9BrFNO/c13-11-7-9(14)4-5-12(11)16-8-10-3-1-2-6-15-10/h1-7H,8H2. The normalized spacial score (nSPS) is 10.1. The van der Waals surface area contributed by atoms with E-state index in [1.165, 1.54) is 12.1 Å². The van der Waals surface area contributed by atoms with Crippen molar-refractivity contribution in [3.63, 3.8) is 0 Å². The zero-order valence-electron chi connectivity index (χ0n) is 8.36. The molecular formula is C12H9BrFNO. The molecule has 0 unspecified atom stereocenters. The summed E-state index contributed by atoms with van der Waals surface area (Å²) in [4.78, 5) is 4.13. The monoisotopic (exact) mass is 281 g/mol. The van der Waals surface area contributed by atoms with Crippen LogP contribution in [0.15, 0.2) is 47.1 Å². The molecule has 0 atom stereocenters. The fourth-order valence-electron chi connectivity index (χ4n) is 1.23. The quantitative estimate of drug-likeness (QED) is 0.858. The van der Waals surface area contributed by atoms with Crippen molar-refractivity contribution in [3.05, 3.63) is 58.6 Å². The van der Waals surface area contributed by atoms with Crippen LogP contribution in [0.25, 0.3) is 0 Å². The molecule has 1 aromatic heterocycles. The molecule has 82 valence electrons. The van der Waals surface area contributed by atoms with E-state index in [4.69, 9.17) is 4.74 Å². The van der Waals surface area contributed by atoms with Crippen molar-refractivity contribution in [2.24, 2.45) is 0 Å². The third kappa shape index (κ3) is 2.79. The summed E-state index contributed by atoms with van der Waals surface area (Å²) in [5, 5.41) is 0. The molecule has 0 N–H and O–H groups in total. The van der Waals surface area contributed by atoms with Crippen LogP contribution in [0.2, 0.25) is 0 Å². The Bertz CT molecular complexity index is 476. The van der Waals surface area contributed by atoms with E-state index in [2.05, 4.69) is 20.9 Å². The fourth-order valence-corrected chi connectivity index (χ4v) is 1.69. The summed E-state index contributed by atoms with van der Waals surface area (Å²) >= 11 is 3.24. The van der Waals surface area contributed by atoms with Crippen LogP contribution in [-0.4, -0.2) is 4.98 Å². The van der Waals surface area contributed by atoms with E-state index in [0.29, 0.717) is 16.8 Å². The van der Waals surface area contributed by atoms with Gasteiger partial charge in [-0.25, -0.2) is 4.39 Å². The molecule has 1 aromatic carbocycles. The van der Waals surface area contributed by atoms with Gasteiger partial charge < -0.3 is 4.74 Å². The summed E-state index contributed by atoms with van der Waals surface area (Å²) in [5.41, 5.74) is 0.832. The van der Waals surface area contributed by atoms with Gasteiger partial charge in [0.05, 0.1) is 10.2 Å². The summed E-state index contributed by atoms with van der Waals surface area (Å²) in [5.74, 6) is 0.309. The van der Waals surface area contributed by atoms with Gasteiger partial charge in [0.15, 0.2) is 0 Å². The van der Waals surface area contributed by atoms with E-state index in [9.17, 15) is 4.39 Å². The van der Waals surface area contributed by atoms with Crippen LogP contribution in [0.1, 0.15) is 5.69 Å². The van der Waals surface area contributed by atoms with Crippen molar-refractivity contribution in [2.75, 3.05) is 0 Å². The van der Waals surface area contributed by atoms with Crippen molar-refractivity contribution in [3.8, 4) is 5.75 Å². The van der Waals surface area contributed by atoms with Gasteiger partial charge in [-0.3, -0.25) is 4.98 Å². The zero-order valence-corrected chi connectivity index (χ0v) is 9.95. The lowest BCUT2D eigenvalue weighted by molar-refractivity contribution is 0.299. The number of benzene rings is 1. The van der Waals surface area contributed by atoms with Crippen molar-refractivity contribution < 1.29 is 9.13 Å². The molecule has 4 heteroatoms. The number of pyridine rings is 1. The Morgan fingerprint density at radius 3 is 2.81 bits per heavy atom. The largest absolute Gasteiger partial charge is 0.486 e. The van der Waals surface area contributed by atoms with Crippen LogP contribution in [0.4, 0.5) is 4.39 Å². The maximum absolute atomic E-state index is 12.8. The molecule has 16 heavy (non-hydrogen) atoms. The highest BCUT2D eigenvalue weighted by atomic mass is 79.9. The maximum atomic E-state index is 12.8. The van der Waals surface area contributed by atoms with Crippen molar-refractivity contribution >= 4 is 15.9 Å². The Labute approximate surface area is 101 Å². The molecule has 0 saturated heterocycles. The Balaban J connectivity index is 2.05. The van der Waals surface area contributed by atoms with Gasteiger partial charge in [0.1, 0.15) is 18.2 Å². The van der Waals surface area contributed by atoms with E-state index in [-0.39, 0.29) is 5.82 Å². The Morgan fingerprint density at radius 1 is 1.25 bits per heavy atom. The number of hydrogen-bond donors (Lipinski definition) is 0. The summed E-state index contributed by atoms with van der Waals surface area (Å²) in [6, 6.07) is 9.93. The fraction of sp³-hybridized carbons (Fsp3) is 0.0833. The first kappa shape index (κ1) is 11.1. The van der Waals surface area contributed by atoms with E-state index >= 15 is 0 Å². The zero-order chi connectivity index (χ0) is 11.4. The second-order valence-electron chi connectivity index (χ2n) is 3.18. The number of halogens is 2. The minimum Gasteiger partial charge on any atom is -0.486 e. The SMILES string of the molecule is Fc1ccc(OCc2ccccn2)c(Br)c1. The van der Waals surface area contributed by atoms with Crippen molar-refractivity contribution in [1.82, 2.24) is 4.98 Å². The molecule has 0 fully saturated rings. The molecule has 0 spiro atoms. The van der Waals surface area contributed by atoms with Gasteiger partial charge in [0, 0.05) is 6.20 Å². The van der Waals surface area contributed by atoms with Gasteiger partial charge in [0.2, 0.25) is 0 Å². The van der Waals surface area contributed by atoms with Crippen LogP contribution in [0.3, 0.4) is 0 Å². The topological polar surface area (TPSA) is 22.1 Å². The minimum atomic E-state index is -0.294. The van der Waals surface area contributed by atoms with Gasteiger partial charge in [-0.2, -0.15) is 0 Å². The summed E-state index contributed by atoms with van der Waals surface area (Å²) in [7, 11) is 0. The van der Waals surface area contributed by atoms with Gasteiger partial charge in [-0.1, -0.05) is 6.07 Å². The van der Waals surface area contributed by atoms with E-state index in [1.54, 1.807) is 12.3 Å². The molecule has 0 aliphatic rings. The average Bonchev–Trinajstić information content (AvgIpc) is 2.29. The molecule has 2 nitrogen and oxygen atoms in total. The second-order valence-corrected chi connectivity index (χ2v) is 4.04. The van der Waals surface area contributed by atoms with Crippen LogP contribution < -0.4 is 4.74 Å². The predicted octanol–water partition coefficient (Wildman–Crippen LogP) is 3.56. The first-order chi connectivity index (χ1) is 7.75. The number of ether oxygens (including phenoxy) is 1. The third-order valence-corrected chi connectivity index (χ3v) is 2.62. The average molecular weight is 282 g/mol. The molecule has 2 rings (SSSR count). The summed E-state index contributed by atoms with van der Waals surface area (Å²) < 4.78 is 18.9. The molecule has 2 aromatic rings. The van der Waals surface area contributed by atoms with Gasteiger partial charge >= 0.3 is 0 Å². The first-order valence-corrected chi connectivity index (χ1v) is 5.53. The summed E-state index contributed by atoms with van der Waals surface area (Å²) in [6.45, 7) is 0.366. The Hall–Kier alpha value is -1.42. The first-order valence-electron chi connectivity index (χ1n) is 4.73. The second kappa shape index (κ2) is 5.07. The van der Waals surface area contributed by atoms with Crippen LogP contribution in [0, 0.1) is 5.82 Å². The minimum absolute atomic E-state index is 0.294. The number of hydrogen-bond acceptors (Lipinski definition) is 2. The van der Waals surface area contributed by atoms with Crippen molar-refractivity contribution in [2.45, 2.75) is 6.61 Å². The van der Waals surface area contributed by atoms with Crippen LogP contribution >= 0.6 is 15.9 Å². The van der Waals surface area contributed by atoms with Crippen molar-refractivity contribution in [1.29, 1.82) is 0 Å². The lowest BCUT2D eigenvalue weighted by Gasteiger charge is -2.07.